The van der Waals surface area contributed by atoms with E-state index in [1.165, 1.54) is 70.8 Å². The van der Waals surface area contributed by atoms with E-state index in [0.29, 0.717) is 5.82 Å². The summed E-state index contributed by atoms with van der Waals surface area (Å²) in [4.78, 5) is 10.7. The van der Waals surface area contributed by atoms with Gasteiger partial charge in [0.15, 0.2) is 5.82 Å². The van der Waals surface area contributed by atoms with Crippen molar-refractivity contribution in [2.24, 2.45) is 0 Å². The van der Waals surface area contributed by atoms with E-state index in [9.17, 15) is 0 Å². The molecule has 0 radical (unpaired) electrons. The molecule has 4 nitrogen and oxygen atoms in total. The number of benzene rings is 8. The summed E-state index contributed by atoms with van der Waals surface area (Å²) in [5, 5.41) is 10.9. The molecule has 0 aliphatic rings. The van der Waals surface area contributed by atoms with Crippen LogP contribution in [0, 0.1) is 0 Å². The number of hydrogen-bond donors (Lipinski definition) is 0. The van der Waals surface area contributed by atoms with Crippen molar-refractivity contribution in [3.05, 3.63) is 170 Å². The molecule has 0 amide bonds. The summed E-state index contributed by atoms with van der Waals surface area (Å²) < 4.78 is 4.87. The van der Waals surface area contributed by atoms with Crippen molar-refractivity contribution in [2.75, 3.05) is 0 Å². The molecular weight excluding hydrogens is 633 g/mol. The first-order valence-corrected chi connectivity index (χ1v) is 17.8. The van der Waals surface area contributed by atoms with Crippen molar-refractivity contribution in [3.63, 3.8) is 0 Å². The molecule has 12 rings (SSSR count). The van der Waals surface area contributed by atoms with E-state index in [2.05, 4.69) is 179 Å². The summed E-state index contributed by atoms with van der Waals surface area (Å²) in [5.74, 6) is 1.59. The van der Waals surface area contributed by atoms with Gasteiger partial charge >= 0.3 is 0 Å². The Kier molecular flexibility index (Phi) is 5.47. The summed E-state index contributed by atoms with van der Waals surface area (Å²) in [5.41, 5.74) is 10.3. The summed E-state index contributed by atoms with van der Waals surface area (Å²) >= 11 is 0. The molecule has 8 aromatic carbocycles. The SMILES string of the molecule is c1ccc(-c2ccc3c(c2)c2c4c5ccccc5n5c6ccccc6c(cc2n3-c2nc(-c3ccc6ccccc6c3)nc3ccccc23)c45)cc1. The predicted octanol–water partition coefficient (Wildman–Crippen LogP) is 12.4. The Balaban J connectivity index is 1.28. The fourth-order valence-electron chi connectivity index (χ4n) is 8.74. The second-order valence-corrected chi connectivity index (χ2v) is 13.8. The van der Waals surface area contributed by atoms with Gasteiger partial charge in [0, 0.05) is 43.3 Å². The molecule has 4 heteroatoms. The molecule has 0 saturated carbocycles. The van der Waals surface area contributed by atoms with Crippen molar-refractivity contribution in [1.82, 2.24) is 18.9 Å². The number of para-hydroxylation sites is 3. The van der Waals surface area contributed by atoms with Gasteiger partial charge in [-0.25, -0.2) is 9.97 Å². The first kappa shape index (κ1) is 27.7. The van der Waals surface area contributed by atoms with Crippen molar-refractivity contribution < 1.29 is 0 Å². The summed E-state index contributed by atoms with van der Waals surface area (Å²) in [6.07, 6.45) is 0. The number of aromatic nitrogens is 4. The average molecular weight is 661 g/mol. The van der Waals surface area contributed by atoms with Gasteiger partial charge < -0.3 is 4.40 Å². The number of fused-ring (bicyclic) bond motifs is 12. The van der Waals surface area contributed by atoms with Crippen molar-refractivity contribution >= 4 is 81.6 Å². The van der Waals surface area contributed by atoms with Crippen LogP contribution in [-0.4, -0.2) is 18.9 Å². The molecule has 0 atom stereocenters. The van der Waals surface area contributed by atoms with Crippen LogP contribution in [0.2, 0.25) is 0 Å². The molecule has 0 spiro atoms. The number of nitrogens with zero attached hydrogens (tertiary/aromatic N) is 4. The minimum absolute atomic E-state index is 0.711. The number of hydrogen-bond acceptors (Lipinski definition) is 2. The highest BCUT2D eigenvalue weighted by molar-refractivity contribution is 6.36. The Bertz CT molecular complexity index is 3410. The highest BCUT2D eigenvalue weighted by Crippen LogP contribution is 2.47. The maximum absolute atomic E-state index is 5.49. The zero-order valence-corrected chi connectivity index (χ0v) is 28.0. The van der Waals surface area contributed by atoms with Gasteiger partial charge in [-0.05, 0) is 70.4 Å². The largest absolute Gasteiger partial charge is 0.308 e. The molecule has 4 heterocycles. The average Bonchev–Trinajstić information content (AvgIpc) is 3.85. The van der Waals surface area contributed by atoms with Gasteiger partial charge in [0.2, 0.25) is 0 Å². The normalized spacial score (nSPS) is 12.2. The lowest BCUT2D eigenvalue weighted by Crippen LogP contribution is -2.02. The van der Waals surface area contributed by atoms with Crippen molar-refractivity contribution in [3.8, 4) is 28.3 Å². The molecule has 0 aliphatic carbocycles. The van der Waals surface area contributed by atoms with E-state index < -0.39 is 0 Å². The minimum Gasteiger partial charge on any atom is -0.308 e. The second-order valence-electron chi connectivity index (χ2n) is 13.8. The Morgan fingerprint density at radius 1 is 0.365 bits per heavy atom. The molecule has 4 aromatic heterocycles. The van der Waals surface area contributed by atoms with Gasteiger partial charge in [0.05, 0.1) is 33.1 Å². The molecule has 0 unspecified atom stereocenters. The molecular formula is C48H28N4. The first-order valence-electron chi connectivity index (χ1n) is 17.8. The van der Waals surface area contributed by atoms with E-state index in [-0.39, 0.29) is 0 Å². The Hall–Kier alpha value is -7.04. The Labute approximate surface area is 297 Å². The second kappa shape index (κ2) is 10.3. The van der Waals surface area contributed by atoms with Crippen LogP contribution in [-0.2, 0) is 0 Å². The van der Waals surface area contributed by atoms with Crippen LogP contribution in [0.4, 0.5) is 0 Å². The molecule has 12 aromatic rings. The lowest BCUT2D eigenvalue weighted by atomic mass is 9.99. The fourth-order valence-corrected chi connectivity index (χ4v) is 8.74. The fraction of sp³-hybridized carbons (Fsp3) is 0. The third-order valence-electron chi connectivity index (χ3n) is 11.0. The molecule has 0 saturated heterocycles. The maximum atomic E-state index is 5.49. The molecule has 52 heavy (non-hydrogen) atoms. The van der Waals surface area contributed by atoms with Gasteiger partial charge in [0.1, 0.15) is 5.82 Å². The minimum atomic E-state index is 0.711. The highest BCUT2D eigenvalue weighted by atomic mass is 15.1. The smallest absolute Gasteiger partial charge is 0.162 e. The van der Waals surface area contributed by atoms with Crippen LogP contribution in [0.15, 0.2) is 170 Å². The van der Waals surface area contributed by atoms with Crippen LogP contribution in [0.1, 0.15) is 0 Å². The molecule has 0 N–H and O–H groups in total. The van der Waals surface area contributed by atoms with Gasteiger partial charge in [-0.3, -0.25) is 4.57 Å². The van der Waals surface area contributed by atoms with Crippen molar-refractivity contribution in [1.29, 1.82) is 0 Å². The van der Waals surface area contributed by atoms with Gasteiger partial charge in [-0.15, -0.1) is 0 Å². The van der Waals surface area contributed by atoms with Crippen LogP contribution >= 0.6 is 0 Å². The zero-order chi connectivity index (χ0) is 33.9. The molecule has 240 valence electrons. The Morgan fingerprint density at radius 2 is 1.06 bits per heavy atom. The van der Waals surface area contributed by atoms with Crippen LogP contribution in [0.25, 0.3) is 110 Å². The van der Waals surface area contributed by atoms with E-state index in [1.807, 2.05) is 0 Å². The van der Waals surface area contributed by atoms with Gasteiger partial charge in [-0.2, -0.15) is 0 Å². The third kappa shape index (κ3) is 3.70. The Morgan fingerprint density at radius 3 is 1.92 bits per heavy atom. The van der Waals surface area contributed by atoms with Gasteiger partial charge in [0.25, 0.3) is 0 Å². The zero-order valence-electron chi connectivity index (χ0n) is 28.0. The predicted molar refractivity (Wildman–Crippen MR) is 217 cm³/mol. The third-order valence-corrected chi connectivity index (χ3v) is 11.0. The van der Waals surface area contributed by atoms with Crippen LogP contribution < -0.4 is 0 Å². The van der Waals surface area contributed by atoms with E-state index in [0.717, 1.165) is 33.3 Å². The first-order chi connectivity index (χ1) is 25.8. The topological polar surface area (TPSA) is 35.1 Å². The van der Waals surface area contributed by atoms with E-state index in [1.54, 1.807) is 0 Å². The lowest BCUT2D eigenvalue weighted by Gasteiger charge is -2.13. The summed E-state index contributed by atoms with van der Waals surface area (Å²) in [6, 6.07) is 61.1. The maximum Gasteiger partial charge on any atom is 0.162 e. The highest BCUT2D eigenvalue weighted by Gasteiger charge is 2.25. The van der Waals surface area contributed by atoms with Crippen molar-refractivity contribution in [2.45, 2.75) is 0 Å². The monoisotopic (exact) mass is 660 g/mol. The van der Waals surface area contributed by atoms with Crippen LogP contribution in [0.5, 0.6) is 0 Å². The summed E-state index contributed by atoms with van der Waals surface area (Å²) in [6.45, 7) is 0. The molecule has 0 aliphatic heterocycles. The summed E-state index contributed by atoms with van der Waals surface area (Å²) in [7, 11) is 0. The van der Waals surface area contributed by atoms with E-state index >= 15 is 0 Å². The van der Waals surface area contributed by atoms with Crippen LogP contribution in [0.3, 0.4) is 0 Å². The molecule has 0 bridgehead atoms. The lowest BCUT2D eigenvalue weighted by molar-refractivity contribution is 1.08. The molecule has 0 fully saturated rings. The quantitative estimate of drug-likeness (QED) is 0.189. The van der Waals surface area contributed by atoms with E-state index in [4.69, 9.17) is 9.97 Å². The van der Waals surface area contributed by atoms with Gasteiger partial charge in [-0.1, -0.05) is 121 Å². The number of rotatable bonds is 3. The standard InChI is InChI=1S/C48H28N4/c1-2-12-29(13-3-1)32-24-25-42-38(27-32)44-43(28-37-34-16-7-10-20-40(34)51-41-21-11-8-18-36(41)45(44)46(37)51)52(42)48-35-17-6-9-19-39(35)49-47(50-48)33-23-22-30-14-4-5-15-31(30)26-33/h1-28H.